The van der Waals surface area contributed by atoms with E-state index in [1.165, 1.54) is 24.0 Å². The maximum Gasteiger partial charge on any atom is 0.208 e. The minimum Gasteiger partial charge on any atom is -0.272 e. The molecule has 0 saturated carbocycles. The Morgan fingerprint density at radius 1 is 1.04 bits per heavy atom. The van der Waals surface area contributed by atoms with Crippen LogP contribution in [0.4, 0.5) is 0 Å². The normalized spacial score (nSPS) is 11.1. The number of benzene rings is 1. The minimum atomic E-state index is 0.827. The van der Waals surface area contributed by atoms with Crippen LogP contribution in [0, 0.1) is 13.8 Å². The first kappa shape index (κ1) is 16.8. The third kappa shape index (κ3) is 4.71. The molecule has 0 aliphatic rings. The van der Waals surface area contributed by atoms with E-state index in [1.807, 2.05) is 10.9 Å². The van der Waals surface area contributed by atoms with Crippen molar-refractivity contribution in [3.8, 4) is 11.4 Å². The van der Waals surface area contributed by atoms with Crippen LogP contribution in [0.15, 0.2) is 41.8 Å². The lowest BCUT2D eigenvalue weighted by Crippen LogP contribution is -1.98. The summed E-state index contributed by atoms with van der Waals surface area (Å²) in [6.07, 6.45) is 7.52. The van der Waals surface area contributed by atoms with Crippen LogP contribution in [-0.2, 0) is 6.54 Å². The molecular formula is C18H23N5S. The van der Waals surface area contributed by atoms with Crippen molar-refractivity contribution in [2.45, 2.75) is 44.8 Å². The van der Waals surface area contributed by atoms with Crippen molar-refractivity contribution in [2.75, 3.05) is 5.75 Å². The van der Waals surface area contributed by atoms with Gasteiger partial charge in [0.15, 0.2) is 5.82 Å². The molecule has 6 heteroatoms. The second-order valence-corrected chi connectivity index (χ2v) is 7.08. The monoisotopic (exact) mass is 341 g/mol. The van der Waals surface area contributed by atoms with E-state index in [4.69, 9.17) is 0 Å². The van der Waals surface area contributed by atoms with Gasteiger partial charge in [-0.05, 0) is 32.3 Å². The number of unbranched alkanes of at least 4 members (excludes halogenated alkanes) is 2. The summed E-state index contributed by atoms with van der Waals surface area (Å²) in [5.74, 6) is 1.88. The van der Waals surface area contributed by atoms with Gasteiger partial charge in [-0.25, -0.2) is 4.98 Å². The van der Waals surface area contributed by atoms with E-state index < -0.39 is 0 Å². The molecule has 0 fully saturated rings. The zero-order valence-corrected chi connectivity index (χ0v) is 15.0. The summed E-state index contributed by atoms with van der Waals surface area (Å²) in [6.45, 7) is 5.15. The lowest BCUT2D eigenvalue weighted by atomic mass is 10.1. The third-order valence-electron chi connectivity index (χ3n) is 3.81. The smallest absolute Gasteiger partial charge is 0.208 e. The fraction of sp³-hybridized carbons (Fsp3) is 0.389. The quantitative estimate of drug-likeness (QED) is 0.491. The van der Waals surface area contributed by atoms with Gasteiger partial charge < -0.3 is 0 Å². The summed E-state index contributed by atoms with van der Waals surface area (Å²) in [5, 5.41) is 12.5. The van der Waals surface area contributed by atoms with Gasteiger partial charge in [0, 0.05) is 24.1 Å². The highest BCUT2D eigenvalue weighted by Gasteiger charge is 2.05. The van der Waals surface area contributed by atoms with Crippen LogP contribution < -0.4 is 0 Å². The number of aryl methyl sites for hydroxylation is 3. The second kappa shape index (κ2) is 8.15. The van der Waals surface area contributed by atoms with Crippen LogP contribution in [0.25, 0.3) is 11.4 Å². The fourth-order valence-corrected chi connectivity index (χ4v) is 3.25. The Balaban J connectivity index is 1.37. The largest absolute Gasteiger partial charge is 0.272 e. The number of aromatic nitrogens is 5. The lowest BCUT2D eigenvalue weighted by Gasteiger charge is -2.01. The van der Waals surface area contributed by atoms with E-state index in [0.29, 0.717) is 0 Å². The van der Waals surface area contributed by atoms with Crippen molar-refractivity contribution in [2.24, 2.45) is 0 Å². The van der Waals surface area contributed by atoms with Gasteiger partial charge in [-0.1, -0.05) is 48.0 Å². The summed E-state index contributed by atoms with van der Waals surface area (Å²) in [6, 6.07) is 8.32. The summed E-state index contributed by atoms with van der Waals surface area (Å²) >= 11 is 1.71. The molecule has 126 valence electrons. The van der Waals surface area contributed by atoms with E-state index >= 15 is 0 Å². The number of hydrogen-bond donors (Lipinski definition) is 1. The van der Waals surface area contributed by atoms with Gasteiger partial charge in [0.25, 0.3) is 0 Å². The van der Waals surface area contributed by atoms with E-state index in [0.717, 1.165) is 35.3 Å². The highest BCUT2D eigenvalue weighted by atomic mass is 32.2. The Morgan fingerprint density at radius 2 is 1.88 bits per heavy atom. The Morgan fingerprint density at radius 3 is 2.62 bits per heavy atom. The summed E-state index contributed by atoms with van der Waals surface area (Å²) in [4.78, 5) is 4.56. The molecule has 0 unspecified atom stereocenters. The van der Waals surface area contributed by atoms with Crippen molar-refractivity contribution in [3.63, 3.8) is 0 Å². The van der Waals surface area contributed by atoms with Gasteiger partial charge in [-0.15, -0.1) is 5.10 Å². The lowest BCUT2D eigenvalue weighted by molar-refractivity contribution is 0.554. The first-order valence-corrected chi connectivity index (χ1v) is 9.30. The molecular weight excluding hydrogens is 318 g/mol. The van der Waals surface area contributed by atoms with Gasteiger partial charge in [0.2, 0.25) is 5.16 Å². The molecule has 3 aromatic rings. The number of nitrogens with zero attached hydrogens (tertiary/aromatic N) is 4. The Labute approximate surface area is 146 Å². The van der Waals surface area contributed by atoms with E-state index in [1.54, 1.807) is 11.8 Å². The first-order chi connectivity index (χ1) is 11.7. The van der Waals surface area contributed by atoms with Gasteiger partial charge in [0.1, 0.15) is 0 Å². The average molecular weight is 341 g/mol. The molecule has 0 atom stereocenters. The van der Waals surface area contributed by atoms with Crippen molar-refractivity contribution < 1.29 is 0 Å². The molecule has 0 bridgehead atoms. The number of H-pyrrole nitrogens is 1. The van der Waals surface area contributed by atoms with E-state index in [-0.39, 0.29) is 0 Å². The van der Waals surface area contributed by atoms with E-state index in [2.05, 4.69) is 64.6 Å². The first-order valence-electron chi connectivity index (χ1n) is 8.32. The molecule has 2 aromatic heterocycles. The molecule has 0 aliphatic heterocycles. The van der Waals surface area contributed by atoms with Crippen LogP contribution >= 0.6 is 11.8 Å². The number of hydrogen-bond acceptors (Lipinski definition) is 4. The number of thioether (sulfide) groups is 1. The molecule has 24 heavy (non-hydrogen) atoms. The SMILES string of the molecule is Cc1ccc(-c2nc(SCCCCCn3cc(C)cn3)n[nH]2)cc1. The molecule has 5 nitrogen and oxygen atoms in total. The van der Waals surface area contributed by atoms with E-state index in [9.17, 15) is 0 Å². The molecule has 2 heterocycles. The van der Waals surface area contributed by atoms with Crippen molar-refractivity contribution in [1.29, 1.82) is 0 Å². The maximum absolute atomic E-state index is 4.56. The highest BCUT2D eigenvalue weighted by molar-refractivity contribution is 7.99. The number of nitrogens with one attached hydrogen (secondary N) is 1. The fourth-order valence-electron chi connectivity index (χ4n) is 2.46. The predicted molar refractivity (Wildman–Crippen MR) is 98.1 cm³/mol. The summed E-state index contributed by atoms with van der Waals surface area (Å²) in [5.41, 5.74) is 3.55. The summed E-state index contributed by atoms with van der Waals surface area (Å²) in [7, 11) is 0. The van der Waals surface area contributed by atoms with Crippen molar-refractivity contribution >= 4 is 11.8 Å². The standard InChI is InChI=1S/C18H23N5S/c1-14-6-8-16(9-7-14)17-20-18(22-21-17)24-11-5-3-4-10-23-13-15(2)12-19-23/h6-9,12-13H,3-5,10-11H2,1-2H3,(H,20,21,22). The van der Waals surface area contributed by atoms with Gasteiger partial charge in [-0.3, -0.25) is 9.78 Å². The molecule has 1 N–H and O–H groups in total. The molecule has 0 radical (unpaired) electrons. The van der Waals surface area contributed by atoms with Crippen LogP contribution in [0.3, 0.4) is 0 Å². The van der Waals surface area contributed by atoms with Crippen LogP contribution in [0.5, 0.6) is 0 Å². The summed E-state index contributed by atoms with van der Waals surface area (Å²) < 4.78 is 2.02. The molecule has 0 spiro atoms. The molecule has 0 aliphatic carbocycles. The van der Waals surface area contributed by atoms with Gasteiger partial charge in [0.05, 0.1) is 6.20 Å². The molecule has 0 amide bonds. The maximum atomic E-state index is 4.56. The molecule has 3 rings (SSSR count). The highest BCUT2D eigenvalue weighted by Crippen LogP contribution is 2.20. The predicted octanol–water partition coefficient (Wildman–Crippen LogP) is 4.25. The minimum absolute atomic E-state index is 0.827. The second-order valence-electron chi connectivity index (χ2n) is 6.02. The van der Waals surface area contributed by atoms with Crippen LogP contribution in [0.1, 0.15) is 30.4 Å². The topological polar surface area (TPSA) is 59.4 Å². The van der Waals surface area contributed by atoms with Crippen molar-refractivity contribution in [3.05, 3.63) is 47.8 Å². The third-order valence-corrected chi connectivity index (χ3v) is 4.75. The average Bonchev–Trinajstić information content (AvgIpc) is 3.21. The molecule has 1 aromatic carbocycles. The Kier molecular flexibility index (Phi) is 5.69. The van der Waals surface area contributed by atoms with Gasteiger partial charge >= 0.3 is 0 Å². The van der Waals surface area contributed by atoms with Crippen molar-refractivity contribution in [1.82, 2.24) is 25.0 Å². The molecule has 0 saturated heterocycles. The van der Waals surface area contributed by atoms with Crippen LogP contribution in [-0.4, -0.2) is 30.7 Å². The van der Waals surface area contributed by atoms with Crippen LogP contribution in [0.2, 0.25) is 0 Å². The Bertz CT molecular complexity index is 760. The Hall–Kier alpha value is -2.08. The number of aromatic amines is 1. The zero-order chi connectivity index (χ0) is 16.8. The zero-order valence-electron chi connectivity index (χ0n) is 14.2. The number of rotatable bonds is 8. The van der Waals surface area contributed by atoms with Gasteiger partial charge in [-0.2, -0.15) is 5.10 Å².